The van der Waals surface area contributed by atoms with Crippen LogP contribution in [0.3, 0.4) is 0 Å². The van der Waals surface area contributed by atoms with Gasteiger partial charge in [-0.3, -0.25) is 4.79 Å². The summed E-state index contributed by atoms with van der Waals surface area (Å²) in [6, 6.07) is 12.0. The zero-order chi connectivity index (χ0) is 17.6. The average molecular weight is 340 g/mol. The Balaban J connectivity index is 1.88. The van der Waals surface area contributed by atoms with E-state index in [0.717, 1.165) is 12.1 Å². The van der Waals surface area contributed by atoms with Gasteiger partial charge in [0.1, 0.15) is 11.5 Å². The topological polar surface area (TPSA) is 59.6 Å². The Morgan fingerprint density at radius 2 is 1.75 bits per heavy atom. The Kier molecular flexibility index (Phi) is 5.51. The molecule has 0 aliphatic rings. The van der Waals surface area contributed by atoms with Crippen LogP contribution < -0.4 is 20.1 Å². The molecule has 0 radical (unpaired) electrons. The van der Waals surface area contributed by atoms with Crippen molar-refractivity contribution in [3.63, 3.8) is 0 Å². The number of benzene rings is 2. The molecule has 0 heterocycles. The predicted molar refractivity (Wildman–Crippen MR) is 83.2 cm³/mol. The highest BCUT2D eigenvalue weighted by Gasteiger charge is 2.30. The third-order valence-corrected chi connectivity index (χ3v) is 2.92. The number of ether oxygens (including phenoxy) is 2. The quantitative estimate of drug-likeness (QED) is 0.843. The van der Waals surface area contributed by atoms with Crippen molar-refractivity contribution in [1.82, 2.24) is 0 Å². The van der Waals surface area contributed by atoms with E-state index in [2.05, 4.69) is 15.4 Å². The monoisotopic (exact) mass is 340 g/mol. The highest BCUT2D eigenvalue weighted by molar-refractivity contribution is 5.94. The zero-order valence-corrected chi connectivity index (χ0v) is 12.7. The number of anilines is 2. The summed E-state index contributed by atoms with van der Waals surface area (Å²) in [4.78, 5) is 11.9. The molecule has 5 nitrogen and oxygen atoms in total. The van der Waals surface area contributed by atoms with Crippen LogP contribution in [0.15, 0.2) is 48.5 Å². The van der Waals surface area contributed by atoms with Gasteiger partial charge in [0.25, 0.3) is 0 Å². The van der Waals surface area contributed by atoms with E-state index in [1.807, 2.05) is 0 Å². The van der Waals surface area contributed by atoms with Gasteiger partial charge >= 0.3 is 6.36 Å². The molecule has 128 valence electrons. The summed E-state index contributed by atoms with van der Waals surface area (Å²) in [6.07, 6.45) is -4.75. The lowest BCUT2D eigenvalue weighted by Gasteiger charge is -2.12. The molecule has 8 heteroatoms. The van der Waals surface area contributed by atoms with E-state index in [4.69, 9.17) is 4.74 Å². The first-order chi connectivity index (χ1) is 11.4. The second-order valence-corrected chi connectivity index (χ2v) is 4.67. The van der Waals surface area contributed by atoms with Gasteiger partial charge in [0, 0.05) is 5.69 Å². The summed E-state index contributed by atoms with van der Waals surface area (Å²) in [5.74, 6) is -0.114. The maximum Gasteiger partial charge on any atom is 0.573 e. The predicted octanol–water partition coefficient (Wildman–Crippen LogP) is 3.64. The van der Waals surface area contributed by atoms with Crippen molar-refractivity contribution >= 4 is 17.3 Å². The number of rotatable bonds is 6. The van der Waals surface area contributed by atoms with Crippen LogP contribution in [0.2, 0.25) is 0 Å². The van der Waals surface area contributed by atoms with Gasteiger partial charge in [-0.2, -0.15) is 0 Å². The Labute approximate surface area is 136 Å². The van der Waals surface area contributed by atoms with Crippen LogP contribution in [-0.2, 0) is 4.79 Å². The highest BCUT2D eigenvalue weighted by Crippen LogP contribution is 2.24. The van der Waals surface area contributed by atoms with E-state index in [-0.39, 0.29) is 18.2 Å². The molecule has 2 aromatic carbocycles. The van der Waals surface area contributed by atoms with Gasteiger partial charge in [-0.05, 0) is 36.4 Å². The Hall–Kier alpha value is -2.90. The molecule has 0 spiro atoms. The fourth-order valence-electron chi connectivity index (χ4n) is 1.91. The molecule has 0 aliphatic heterocycles. The Bertz CT molecular complexity index is 688. The van der Waals surface area contributed by atoms with Crippen molar-refractivity contribution in [2.75, 3.05) is 24.3 Å². The van der Waals surface area contributed by atoms with E-state index in [0.29, 0.717) is 17.1 Å². The third-order valence-electron chi connectivity index (χ3n) is 2.92. The number of hydrogen-bond acceptors (Lipinski definition) is 4. The van der Waals surface area contributed by atoms with Crippen molar-refractivity contribution in [2.45, 2.75) is 6.36 Å². The van der Waals surface area contributed by atoms with Gasteiger partial charge in [-0.1, -0.05) is 12.1 Å². The normalized spacial score (nSPS) is 10.8. The summed E-state index contributed by atoms with van der Waals surface area (Å²) in [6.45, 7) is -0.0266. The Morgan fingerprint density at radius 1 is 1.08 bits per heavy atom. The number of alkyl halides is 3. The molecule has 24 heavy (non-hydrogen) atoms. The number of carbonyl (C=O) groups is 1. The molecule has 0 saturated carbocycles. The van der Waals surface area contributed by atoms with Gasteiger partial charge < -0.3 is 20.1 Å². The van der Waals surface area contributed by atoms with Crippen molar-refractivity contribution in [3.8, 4) is 11.5 Å². The SMILES string of the molecule is COc1ccccc1NCC(=O)Nc1ccc(OC(F)(F)F)cc1. The Morgan fingerprint density at radius 3 is 2.38 bits per heavy atom. The van der Waals surface area contributed by atoms with Crippen LogP contribution >= 0.6 is 0 Å². The highest BCUT2D eigenvalue weighted by atomic mass is 19.4. The van der Waals surface area contributed by atoms with Crippen LogP contribution in [0.5, 0.6) is 11.5 Å². The van der Waals surface area contributed by atoms with Gasteiger partial charge in [0.15, 0.2) is 0 Å². The van der Waals surface area contributed by atoms with E-state index >= 15 is 0 Å². The van der Waals surface area contributed by atoms with Crippen LogP contribution in [-0.4, -0.2) is 25.9 Å². The lowest BCUT2D eigenvalue weighted by molar-refractivity contribution is -0.274. The standard InChI is InChI=1S/C16H15F3N2O3/c1-23-14-5-3-2-4-13(14)20-10-15(22)21-11-6-8-12(9-7-11)24-16(17,18)19/h2-9,20H,10H2,1H3,(H,21,22). The van der Waals surface area contributed by atoms with Crippen LogP contribution in [0.4, 0.5) is 24.5 Å². The number of hydrogen-bond donors (Lipinski definition) is 2. The molecule has 0 atom stereocenters. The van der Waals surface area contributed by atoms with Crippen LogP contribution in [0.1, 0.15) is 0 Å². The molecule has 0 unspecified atom stereocenters. The first kappa shape index (κ1) is 17.5. The van der Waals surface area contributed by atoms with Crippen molar-refractivity contribution in [1.29, 1.82) is 0 Å². The lowest BCUT2D eigenvalue weighted by Crippen LogP contribution is -2.22. The molecule has 2 rings (SSSR count). The molecule has 1 amide bonds. The number of methoxy groups -OCH3 is 1. The molecular formula is C16H15F3N2O3. The number of para-hydroxylation sites is 2. The number of amides is 1. The molecular weight excluding hydrogens is 325 g/mol. The second-order valence-electron chi connectivity index (χ2n) is 4.67. The van der Waals surface area contributed by atoms with Gasteiger partial charge in [0.05, 0.1) is 19.3 Å². The first-order valence-corrected chi connectivity index (χ1v) is 6.90. The molecule has 0 saturated heterocycles. The number of carbonyl (C=O) groups excluding carboxylic acids is 1. The zero-order valence-electron chi connectivity index (χ0n) is 12.7. The average Bonchev–Trinajstić information content (AvgIpc) is 2.53. The fourth-order valence-corrected chi connectivity index (χ4v) is 1.91. The number of halogens is 3. The summed E-state index contributed by atoms with van der Waals surface area (Å²) in [5, 5.41) is 5.48. The number of nitrogens with one attached hydrogen (secondary N) is 2. The molecule has 0 aromatic heterocycles. The van der Waals surface area contributed by atoms with Crippen molar-refractivity contribution in [2.24, 2.45) is 0 Å². The van der Waals surface area contributed by atoms with Crippen LogP contribution in [0.25, 0.3) is 0 Å². The van der Waals surface area contributed by atoms with E-state index < -0.39 is 6.36 Å². The summed E-state index contributed by atoms with van der Waals surface area (Å²) in [5.41, 5.74) is 1.01. The van der Waals surface area contributed by atoms with E-state index in [1.165, 1.54) is 19.2 Å². The first-order valence-electron chi connectivity index (χ1n) is 6.90. The van der Waals surface area contributed by atoms with Crippen LogP contribution in [0, 0.1) is 0 Å². The van der Waals surface area contributed by atoms with Crippen molar-refractivity contribution < 1.29 is 27.4 Å². The molecule has 0 fully saturated rings. The molecule has 2 N–H and O–H groups in total. The second kappa shape index (κ2) is 7.58. The smallest absolute Gasteiger partial charge is 0.495 e. The van der Waals surface area contributed by atoms with E-state index in [9.17, 15) is 18.0 Å². The van der Waals surface area contributed by atoms with E-state index in [1.54, 1.807) is 24.3 Å². The maximum absolute atomic E-state index is 12.1. The molecule has 0 bridgehead atoms. The summed E-state index contributed by atoms with van der Waals surface area (Å²) >= 11 is 0. The van der Waals surface area contributed by atoms with Gasteiger partial charge in [-0.25, -0.2) is 0 Å². The van der Waals surface area contributed by atoms with Gasteiger partial charge in [-0.15, -0.1) is 13.2 Å². The maximum atomic E-state index is 12.1. The molecule has 2 aromatic rings. The molecule has 0 aliphatic carbocycles. The third kappa shape index (κ3) is 5.38. The lowest BCUT2D eigenvalue weighted by atomic mass is 10.3. The summed E-state index contributed by atoms with van der Waals surface area (Å²) < 4.78 is 45.1. The summed E-state index contributed by atoms with van der Waals surface area (Å²) in [7, 11) is 1.52. The largest absolute Gasteiger partial charge is 0.573 e. The minimum atomic E-state index is -4.75. The van der Waals surface area contributed by atoms with Gasteiger partial charge in [0.2, 0.25) is 5.91 Å². The van der Waals surface area contributed by atoms with Crippen molar-refractivity contribution in [3.05, 3.63) is 48.5 Å². The minimum Gasteiger partial charge on any atom is -0.495 e. The fraction of sp³-hybridized carbons (Fsp3) is 0.188. The minimum absolute atomic E-state index is 0.0266.